The Kier molecular flexibility index (Phi) is 7.81. The molecule has 5 rings (SSSR count). The van der Waals surface area contributed by atoms with E-state index in [1.165, 1.54) is 0 Å². The van der Waals surface area contributed by atoms with Crippen LogP contribution in [0.4, 0.5) is 0 Å². The Bertz CT molecular complexity index is 972. The summed E-state index contributed by atoms with van der Waals surface area (Å²) in [5.74, 6) is 0.785. The lowest BCUT2D eigenvalue weighted by Gasteiger charge is -2.43. The van der Waals surface area contributed by atoms with Gasteiger partial charge in [0, 0.05) is 12.8 Å². The van der Waals surface area contributed by atoms with Crippen molar-refractivity contribution in [2.75, 3.05) is 14.2 Å². The minimum Gasteiger partial charge on any atom is -0.497 e. The lowest BCUT2D eigenvalue weighted by molar-refractivity contribution is -0.228. The third-order valence-electron chi connectivity index (χ3n) is 7.51. The Hall–Kier alpha value is -2.20. The standard InChI is InChI=1S/C28H36O8/c1-31-20-10-6-18(7-11-20)16-33-24-22(29)23(30)25-27(36-28(35-25)14-4-3-5-15-28)26(24)34-17-19-8-12-21(32-2)13-9-19/h6-13,22-27,29-30H,3-5,14-17H2,1-2H3/t22-,23-,24+,25+,26-,27+/m0/s1. The first-order valence-corrected chi connectivity index (χ1v) is 12.7. The van der Waals surface area contributed by atoms with E-state index in [9.17, 15) is 10.2 Å². The van der Waals surface area contributed by atoms with Crippen molar-refractivity contribution >= 4 is 0 Å². The lowest BCUT2D eigenvalue weighted by atomic mass is 9.84. The fraction of sp³-hybridized carbons (Fsp3) is 0.571. The van der Waals surface area contributed by atoms with Crippen molar-refractivity contribution in [3.05, 3.63) is 59.7 Å². The van der Waals surface area contributed by atoms with Gasteiger partial charge < -0.3 is 38.6 Å². The van der Waals surface area contributed by atoms with Gasteiger partial charge in [0.25, 0.3) is 0 Å². The van der Waals surface area contributed by atoms with Gasteiger partial charge in [-0.05, 0) is 48.2 Å². The Morgan fingerprint density at radius 2 is 1.19 bits per heavy atom. The van der Waals surface area contributed by atoms with Crippen LogP contribution < -0.4 is 9.47 Å². The molecule has 0 radical (unpaired) electrons. The molecule has 2 N–H and O–H groups in total. The predicted molar refractivity (Wildman–Crippen MR) is 131 cm³/mol. The molecule has 1 heterocycles. The molecule has 0 bridgehead atoms. The quantitative estimate of drug-likeness (QED) is 0.570. The van der Waals surface area contributed by atoms with Gasteiger partial charge in [0.1, 0.15) is 48.1 Å². The maximum Gasteiger partial charge on any atom is 0.169 e. The van der Waals surface area contributed by atoms with Gasteiger partial charge in [0.05, 0.1) is 27.4 Å². The number of hydrogen-bond acceptors (Lipinski definition) is 8. The molecule has 196 valence electrons. The second kappa shape index (κ2) is 11.0. The highest BCUT2D eigenvalue weighted by molar-refractivity contribution is 5.27. The van der Waals surface area contributed by atoms with Gasteiger partial charge in [-0.25, -0.2) is 0 Å². The molecule has 36 heavy (non-hydrogen) atoms. The normalized spacial score (nSPS) is 31.2. The highest BCUT2D eigenvalue weighted by Crippen LogP contribution is 2.46. The van der Waals surface area contributed by atoms with Crippen LogP contribution in [-0.4, -0.2) is 66.8 Å². The van der Waals surface area contributed by atoms with Crippen molar-refractivity contribution in [1.29, 1.82) is 0 Å². The molecule has 2 aromatic rings. The van der Waals surface area contributed by atoms with Gasteiger partial charge in [-0.3, -0.25) is 0 Å². The number of aliphatic hydroxyl groups excluding tert-OH is 2. The molecule has 3 fully saturated rings. The molecule has 8 heteroatoms. The van der Waals surface area contributed by atoms with E-state index in [-0.39, 0.29) is 6.61 Å². The Labute approximate surface area is 212 Å². The molecule has 1 saturated heterocycles. The van der Waals surface area contributed by atoms with Crippen LogP contribution in [0.15, 0.2) is 48.5 Å². The molecular weight excluding hydrogens is 464 g/mol. The number of fused-ring (bicyclic) bond motifs is 1. The summed E-state index contributed by atoms with van der Waals surface area (Å²) in [6.45, 7) is 0.531. The third kappa shape index (κ3) is 5.25. The highest BCUT2D eigenvalue weighted by atomic mass is 16.8. The van der Waals surface area contributed by atoms with Crippen molar-refractivity contribution in [1.82, 2.24) is 0 Å². The number of ether oxygens (including phenoxy) is 6. The van der Waals surface area contributed by atoms with E-state index in [0.717, 1.165) is 54.7 Å². The first-order chi connectivity index (χ1) is 17.5. The maximum atomic E-state index is 11.1. The number of benzene rings is 2. The zero-order valence-corrected chi connectivity index (χ0v) is 20.9. The Morgan fingerprint density at radius 1 is 0.694 bits per heavy atom. The summed E-state index contributed by atoms with van der Waals surface area (Å²) in [7, 11) is 3.25. The maximum absolute atomic E-state index is 11.1. The summed E-state index contributed by atoms with van der Waals surface area (Å²) >= 11 is 0. The number of rotatable bonds is 8. The lowest BCUT2D eigenvalue weighted by Crippen LogP contribution is -2.64. The van der Waals surface area contributed by atoms with Crippen LogP contribution in [0.3, 0.4) is 0 Å². The van der Waals surface area contributed by atoms with Gasteiger partial charge in [-0.1, -0.05) is 30.7 Å². The summed E-state index contributed by atoms with van der Waals surface area (Å²) in [5.41, 5.74) is 1.87. The van der Waals surface area contributed by atoms with E-state index < -0.39 is 42.4 Å². The van der Waals surface area contributed by atoms with Crippen LogP contribution in [0.2, 0.25) is 0 Å². The van der Waals surface area contributed by atoms with Crippen LogP contribution in [0.5, 0.6) is 11.5 Å². The van der Waals surface area contributed by atoms with E-state index in [1.807, 2.05) is 48.5 Å². The van der Waals surface area contributed by atoms with Crippen LogP contribution in [0.1, 0.15) is 43.2 Å². The Morgan fingerprint density at radius 3 is 1.72 bits per heavy atom. The smallest absolute Gasteiger partial charge is 0.169 e. The van der Waals surface area contributed by atoms with E-state index in [0.29, 0.717) is 6.61 Å². The SMILES string of the molecule is COc1ccc(CO[C@@H]2[C@@H]3OC4(CCCCC4)O[C@@H]3[C@@H](O)[C@H](O)[C@H]2OCc2ccc(OC)cc2)cc1. The third-order valence-corrected chi connectivity index (χ3v) is 7.51. The first kappa shape index (κ1) is 25.4. The van der Waals surface area contributed by atoms with Crippen molar-refractivity contribution in [3.63, 3.8) is 0 Å². The van der Waals surface area contributed by atoms with E-state index in [1.54, 1.807) is 14.2 Å². The molecule has 8 nitrogen and oxygen atoms in total. The van der Waals surface area contributed by atoms with Gasteiger partial charge >= 0.3 is 0 Å². The molecule has 0 unspecified atom stereocenters. The molecule has 1 aliphatic heterocycles. The fourth-order valence-corrected chi connectivity index (χ4v) is 5.48. The van der Waals surface area contributed by atoms with Crippen molar-refractivity contribution in [3.8, 4) is 11.5 Å². The number of hydrogen-bond donors (Lipinski definition) is 2. The number of aliphatic hydroxyl groups is 2. The molecule has 2 aliphatic carbocycles. The average Bonchev–Trinajstić information content (AvgIpc) is 3.28. The minimum absolute atomic E-state index is 0.240. The minimum atomic E-state index is -1.19. The van der Waals surface area contributed by atoms with E-state index in [2.05, 4.69) is 0 Å². The van der Waals surface area contributed by atoms with Gasteiger partial charge in [0.15, 0.2) is 5.79 Å². The molecule has 0 aromatic heterocycles. The highest BCUT2D eigenvalue weighted by Gasteiger charge is 2.61. The summed E-state index contributed by atoms with van der Waals surface area (Å²) in [6.07, 6.45) is -0.304. The molecule has 1 spiro atoms. The largest absolute Gasteiger partial charge is 0.497 e. The summed E-state index contributed by atoms with van der Waals surface area (Å²) < 4.78 is 35.9. The second-order valence-corrected chi connectivity index (χ2v) is 9.86. The van der Waals surface area contributed by atoms with Gasteiger partial charge in [-0.2, -0.15) is 0 Å². The molecule has 6 atom stereocenters. The summed E-state index contributed by atoms with van der Waals surface area (Å²) in [4.78, 5) is 0. The number of methoxy groups -OCH3 is 2. The fourth-order valence-electron chi connectivity index (χ4n) is 5.48. The Balaban J connectivity index is 1.36. The van der Waals surface area contributed by atoms with Crippen molar-refractivity contribution < 1.29 is 38.6 Å². The van der Waals surface area contributed by atoms with Crippen LogP contribution in [0.25, 0.3) is 0 Å². The van der Waals surface area contributed by atoms with E-state index >= 15 is 0 Å². The van der Waals surface area contributed by atoms with Gasteiger partial charge in [0.2, 0.25) is 0 Å². The topological polar surface area (TPSA) is 95.8 Å². The van der Waals surface area contributed by atoms with Crippen molar-refractivity contribution in [2.24, 2.45) is 0 Å². The molecule has 2 aromatic carbocycles. The van der Waals surface area contributed by atoms with Crippen LogP contribution >= 0.6 is 0 Å². The summed E-state index contributed by atoms with van der Waals surface area (Å²) in [6, 6.07) is 15.2. The van der Waals surface area contributed by atoms with Gasteiger partial charge in [-0.15, -0.1) is 0 Å². The average molecular weight is 501 g/mol. The summed E-state index contributed by atoms with van der Waals surface area (Å²) in [5, 5.41) is 22.2. The molecule has 3 aliphatic rings. The van der Waals surface area contributed by atoms with E-state index in [4.69, 9.17) is 28.4 Å². The second-order valence-electron chi connectivity index (χ2n) is 9.86. The zero-order valence-electron chi connectivity index (χ0n) is 20.9. The monoisotopic (exact) mass is 500 g/mol. The molecule has 2 saturated carbocycles. The predicted octanol–water partition coefficient (Wildman–Crippen LogP) is 3.35. The van der Waals surface area contributed by atoms with Crippen LogP contribution in [-0.2, 0) is 32.2 Å². The van der Waals surface area contributed by atoms with Crippen molar-refractivity contribution in [2.45, 2.75) is 87.7 Å². The molecular formula is C28H36O8. The zero-order chi connectivity index (χ0) is 25.1. The van der Waals surface area contributed by atoms with Crippen LogP contribution in [0, 0.1) is 0 Å². The molecule has 0 amide bonds. The first-order valence-electron chi connectivity index (χ1n) is 12.7.